The van der Waals surface area contributed by atoms with Crippen LogP contribution in [0.3, 0.4) is 0 Å². The van der Waals surface area contributed by atoms with Crippen molar-refractivity contribution >= 4 is 11.9 Å². The van der Waals surface area contributed by atoms with E-state index in [0.29, 0.717) is 5.92 Å². The van der Waals surface area contributed by atoms with Gasteiger partial charge in [-0.25, -0.2) is 0 Å². The minimum absolute atomic E-state index is 0.227. The summed E-state index contributed by atoms with van der Waals surface area (Å²) in [5, 5.41) is 19.0. The Labute approximate surface area is 83.3 Å². The predicted octanol–water partition coefficient (Wildman–Crippen LogP) is -2.17. The molecule has 5 heteroatoms. The Morgan fingerprint density at radius 1 is 1.43 bits per heavy atom. The van der Waals surface area contributed by atoms with Crippen LogP contribution in [0.25, 0.3) is 0 Å². The first kappa shape index (κ1) is 12.9. The van der Waals surface area contributed by atoms with Gasteiger partial charge in [0, 0.05) is 18.5 Å². The van der Waals surface area contributed by atoms with Crippen LogP contribution in [0.15, 0.2) is 0 Å². The van der Waals surface area contributed by atoms with E-state index in [4.69, 9.17) is 9.90 Å². The second kappa shape index (κ2) is 6.37. The number of carbonyl (C=O) groups is 2. The molecule has 1 atom stereocenters. The lowest BCUT2D eigenvalue weighted by Crippen LogP contribution is -2.26. The molecule has 14 heavy (non-hydrogen) atoms. The molecular formula is C9H15NO4-2. The van der Waals surface area contributed by atoms with Crippen LogP contribution in [0.4, 0.5) is 0 Å². The molecule has 0 aromatic rings. The number of nitrogens with zero attached hydrogens (tertiary/aromatic N) is 1. The molecule has 5 nitrogen and oxygen atoms in total. The van der Waals surface area contributed by atoms with Crippen LogP contribution >= 0.6 is 0 Å². The zero-order chi connectivity index (χ0) is 11.1. The van der Waals surface area contributed by atoms with Gasteiger partial charge in [0.05, 0.1) is 0 Å². The number of likely N-dealkylation sites (tertiary alicyclic amines) is 1. The van der Waals surface area contributed by atoms with Crippen molar-refractivity contribution in [1.29, 1.82) is 0 Å². The first-order valence-corrected chi connectivity index (χ1v) is 4.47. The molecule has 0 radical (unpaired) electrons. The summed E-state index contributed by atoms with van der Waals surface area (Å²) in [4.78, 5) is 21.2. The lowest BCUT2D eigenvalue weighted by atomic mass is 10.1. The van der Waals surface area contributed by atoms with E-state index in [-0.39, 0.29) is 6.42 Å². The van der Waals surface area contributed by atoms with E-state index in [9.17, 15) is 9.90 Å². The van der Waals surface area contributed by atoms with Gasteiger partial charge in [0.25, 0.3) is 0 Å². The largest absolute Gasteiger partial charge is 0.550 e. The molecule has 1 aliphatic rings. The third-order valence-corrected chi connectivity index (χ3v) is 1.94. The summed E-state index contributed by atoms with van der Waals surface area (Å²) in [6.45, 7) is 2.91. The molecule has 0 aliphatic carbocycles. The maximum atomic E-state index is 10.1. The van der Waals surface area contributed by atoms with Gasteiger partial charge in [0.2, 0.25) is 0 Å². The Kier molecular flexibility index (Phi) is 5.87. The number of aliphatic carboxylic acids is 2. The average molecular weight is 201 g/mol. The highest BCUT2D eigenvalue weighted by molar-refractivity contribution is 5.64. The Morgan fingerprint density at radius 2 is 1.93 bits per heavy atom. The first-order chi connectivity index (χ1) is 6.41. The van der Waals surface area contributed by atoms with E-state index in [1.54, 1.807) is 0 Å². The highest BCUT2D eigenvalue weighted by Gasteiger charge is 2.18. The van der Waals surface area contributed by atoms with Crippen molar-refractivity contribution in [3.05, 3.63) is 0 Å². The topological polar surface area (TPSA) is 83.5 Å². The maximum absolute atomic E-state index is 10.1. The summed E-state index contributed by atoms with van der Waals surface area (Å²) in [6.07, 6.45) is 1.23. The molecule has 0 bridgehead atoms. The fourth-order valence-corrected chi connectivity index (χ4v) is 1.43. The van der Waals surface area contributed by atoms with E-state index in [1.807, 2.05) is 7.05 Å². The second-order valence-electron chi connectivity index (χ2n) is 3.48. The maximum Gasteiger partial charge on any atom is 0.0417 e. The number of hydrogen-bond donors (Lipinski definition) is 0. The van der Waals surface area contributed by atoms with Gasteiger partial charge < -0.3 is 24.7 Å². The number of carbonyl (C=O) groups excluding carboxylic acids is 2. The van der Waals surface area contributed by atoms with Crippen LogP contribution in [0, 0.1) is 5.92 Å². The van der Waals surface area contributed by atoms with Gasteiger partial charge in [-0.3, -0.25) is 0 Å². The molecule has 0 spiro atoms. The number of hydrogen-bond acceptors (Lipinski definition) is 5. The fraction of sp³-hybridized carbons (Fsp3) is 0.778. The molecule has 0 aromatic heterocycles. The van der Waals surface area contributed by atoms with E-state index in [0.717, 1.165) is 26.4 Å². The minimum Gasteiger partial charge on any atom is -0.550 e. The van der Waals surface area contributed by atoms with Crippen LogP contribution in [0.2, 0.25) is 0 Å². The Morgan fingerprint density at radius 3 is 2.21 bits per heavy atom. The summed E-state index contributed by atoms with van der Waals surface area (Å²) in [5.74, 6) is -1.67. The smallest absolute Gasteiger partial charge is 0.0417 e. The summed E-state index contributed by atoms with van der Waals surface area (Å²) < 4.78 is 0. The summed E-state index contributed by atoms with van der Waals surface area (Å²) in [7, 11) is 2.01. The molecule has 1 saturated heterocycles. The molecule has 0 aromatic carbocycles. The molecule has 0 saturated carbocycles. The third kappa shape index (κ3) is 7.54. The van der Waals surface area contributed by atoms with Crippen molar-refractivity contribution in [2.75, 3.05) is 20.1 Å². The lowest BCUT2D eigenvalue weighted by molar-refractivity contribution is -0.307. The number of rotatable bonds is 2. The zero-order valence-electron chi connectivity index (χ0n) is 8.49. The van der Waals surface area contributed by atoms with Gasteiger partial charge in [-0.05, 0) is 39.3 Å². The summed E-state index contributed by atoms with van der Waals surface area (Å²) in [5.41, 5.74) is 0. The van der Waals surface area contributed by atoms with Crippen LogP contribution in [0.5, 0.6) is 0 Å². The molecule has 1 rings (SSSR count). The Hall–Kier alpha value is -1.10. The van der Waals surface area contributed by atoms with Crippen LogP contribution < -0.4 is 10.2 Å². The Balaban J connectivity index is 0.000000364. The molecule has 0 N–H and O–H groups in total. The standard InChI is InChI=1S/C7H13NO2.C2H4O2/c1-8-3-2-6(5-8)4-7(9)10;1-2(3)4/h6H,2-5H2,1H3,(H,9,10);1H3,(H,3,4)/p-2. The molecule has 1 fully saturated rings. The third-order valence-electron chi connectivity index (χ3n) is 1.94. The molecule has 1 heterocycles. The molecular weight excluding hydrogens is 186 g/mol. The van der Waals surface area contributed by atoms with Crippen molar-refractivity contribution in [2.24, 2.45) is 5.92 Å². The van der Waals surface area contributed by atoms with E-state index in [2.05, 4.69) is 4.90 Å². The predicted molar refractivity (Wildman–Crippen MR) is 45.9 cm³/mol. The highest BCUT2D eigenvalue weighted by atomic mass is 16.4. The van der Waals surface area contributed by atoms with Crippen molar-refractivity contribution in [3.63, 3.8) is 0 Å². The van der Waals surface area contributed by atoms with Crippen LogP contribution in [-0.2, 0) is 9.59 Å². The monoisotopic (exact) mass is 201 g/mol. The highest BCUT2D eigenvalue weighted by Crippen LogP contribution is 2.16. The van der Waals surface area contributed by atoms with Gasteiger partial charge in [-0.15, -0.1) is 0 Å². The van der Waals surface area contributed by atoms with Crippen LogP contribution in [0.1, 0.15) is 19.8 Å². The lowest BCUT2D eigenvalue weighted by Gasteiger charge is -2.09. The van der Waals surface area contributed by atoms with Gasteiger partial charge in [-0.2, -0.15) is 0 Å². The quantitative estimate of drug-likeness (QED) is 0.508. The van der Waals surface area contributed by atoms with Crippen molar-refractivity contribution in [3.8, 4) is 0 Å². The van der Waals surface area contributed by atoms with Gasteiger partial charge in [0.1, 0.15) is 0 Å². The molecule has 1 unspecified atom stereocenters. The van der Waals surface area contributed by atoms with E-state index < -0.39 is 11.9 Å². The van der Waals surface area contributed by atoms with Crippen molar-refractivity contribution in [2.45, 2.75) is 19.8 Å². The van der Waals surface area contributed by atoms with Crippen molar-refractivity contribution in [1.82, 2.24) is 4.90 Å². The summed E-state index contributed by atoms with van der Waals surface area (Å²) in [6, 6.07) is 0. The van der Waals surface area contributed by atoms with Crippen LogP contribution in [-0.4, -0.2) is 37.0 Å². The van der Waals surface area contributed by atoms with E-state index in [1.165, 1.54) is 0 Å². The zero-order valence-corrected chi connectivity index (χ0v) is 8.49. The average Bonchev–Trinajstić information content (AvgIpc) is 2.32. The van der Waals surface area contributed by atoms with Gasteiger partial charge >= 0.3 is 0 Å². The van der Waals surface area contributed by atoms with Crippen molar-refractivity contribution < 1.29 is 19.8 Å². The fourth-order valence-electron chi connectivity index (χ4n) is 1.43. The Bertz CT molecular complexity index is 201. The number of carboxylic acids is 2. The second-order valence-corrected chi connectivity index (χ2v) is 3.48. The summed E-state index contributed by atoms with van der Waals surface area (Å²) >= 11 is 0. The molecule has 0 amide bonds. The normalized spacial score (nSPS) is 21.1. The SMILES string of the molecule is CC(=O)[O-].CN1CCC(CC(=O)[O-])C1. The van der Waals surface area contributed by atoms with Gasteiger partial charge in [0.15, 0.2) is 0 Å². The first-order valence-electron chi connectivity index (χ1n) is 4.47. The molecule has 82 valence electrons. The van der Waals surface area contributed by atoms with Gasteiger partial charge in [-0.1, -0.05) is 0 Å². The molecule has 1 aliphatic heterocycles. The van der Waals surface area contributed by atoms with E-state index >= 15 is 0 Å². The number of carboxylic acid groups (broad SMARTS) is 2. The minimum atomic E-state index is -1.08.